The number of halogens is 1. The van der Waals surface area contributed by atoms with Crippen LogP contribution in [0, 0.1) is 11.7 Å². The van der Waals surface area contributed by atoms with Gasteiger partial charge >= 0.3 is 0 Å². The maximum Gasteiger partial charge on any atom is 0.129 e. The molecular formula is C14H22FNO. The van der Waals surface area contributed by atoms with Crippen molar-refractivity contribution in [2.45, 2.75) is 33.0 Å². The van der Waals surface area contributed by atoms with Crippen LogP contribution >= 0.6 is 0 Å². The van der Waals surface area contributed by atoms with Gasteiger partial charge in [0.15, 0.2) is 0 Å². The highest BCUT2D eigenvalue weighted by Gasteiger charge is 2.19. The van der Waals surface area contributed by atoms with E-state index in [9.17, 15) is 4.39 Å². The number of nitrogens with one attached hydrogen (secondary N) is 1. The van der Waals surface area contributed by atoms with E-state index in [2.05, 4.69) is 19.2 Å². The van der Waals surface area contributed by atoms with Crippen molar-refractivity contribution in [1.29, 1.82) is 0 Å². The van der Waals surface area contributed by atoms with Crippen LogP contribution in [0.1, 0.15) is 32.4 Å². The van der Waals surface area contributed by atoms with E-state index >= 15 is 0 Å². The molecule has 17 heavy (non-hydrogen) atoms. The molecule has 0 aliphatic rings. The molecule has 2 unspecified atom stereocenters. The summed E-state index contributed by atoms with van der Waals surface area (Å²) in [6.45, 7) is 6.83. The molecule has 3 heteroatoms. The quantitative estimate of drug-likeness (QED) is 0.823. The Morgan fingerprint density at radius 2 is 1.88 bits per heavy atom. The molecule has 0 saturated heterocycles. The summed E-state index contributed by atoms with van der Waals surface area (Å²) in [6.07, 6.45) is -0.133. The van der Waals surface area contributed by atoms with Crippen molar-refractivity contribution >= 4 is 0 Å². The molecule has 0 amide bonds. The van der Waals surface area contributed by atoms with Gasteiger partial charge < -0.3 is 10.1 Å². The van der Waals surface area contributed by atoms with Crippen LogP contribution in [0.2, 0.25) is 0 Å². The third-order valence-electron chi connectivity index (χ3n) is 2.96. The first-order valence-electron chi connectivity index (χ1n) is 6.10. The average molecular weight is 239 g/mol. The largest absolute Gasteiger partial charge is 0.369 e. The van der Waals surface area contributed by atoms with Crippen molar-refractivity contribution < 1.29 is 9.13 Å². The van der Waals surface area contributed by atoms with Crippen LogP contribution in [0.15, 0.2) is 24.3 Å². The highest BCUT2D eigenvalue weighted by molar-refractivity contribution is 5.20. The van der Waals surface area contributed by atoms with E-state index < -0.39 is 0 Å². The monoisotopic (exact) mass is 239 g/mol. The van der Waals surface area contributed by atoms with Gasteiger partial charge in [-0.25, -0.2) is 4.39 Å². The summed E-state index contributed by atoms with van der Waals surface area (Å²) in [7, 11) is 1.84. The Morgan fingerprint density at radius 1 is 1.24 bits per heavy atom. The summed E-state index contributed by atoms with van der Waals surface area (Å²) in [4.78, 5) is 0. The van der Waals surface area contributed by atoms with Gasteiger partial charge in [-0.15, -0.1) is 0 Å². The molecule has 1 N–H and O–H groups in total. The van der Waals surface area contributed by atoms with Crippen LogP contribution in [0.5, 0.6) is 0 Å². The SMILES string of the molecule is CNCC(OC(C)C(C)C)c1ccccc1F. The third kappa shape index (κ3) is 4.10. The molecule has 1 aromatic rings. The Morgan fingerprint density at radius 3 is 2.41 bits per heavy atom. The summed E-state index contributed by atoms with van der Waals surface area (Å²) >= 11 is 0. The second-order valence-corrected chi connectivity index (χ2v) is 4.65. The maximum absolute atomic E-state index is 13.7. The van der Waals surface area contributed by atoms with Gasteiger partial charge in [0.05, 0.1) is 12.2 Å². The Hall–Kier alpha value is -0.930. The van der Waals surface area contributed by atoms with Crippen LogP contribution in [-0.2, 0) is 4.74 Å². The van der Waals surface area contributed by atoms with Gasteiger partial charge in [0.2, 0.25) is 0 Å². The molecule has 0 aliphatic heterocycles. The van der Waals surface area contributed by atoms with Crippen LogP contribution in [0.25, 0.3) is 0 Å². The number of hydrogen-bond donors (Lipinski definition) is 1. The van der Waals surface area contributed by atoms with E-state index in [0.29, 0.717) is 18.0 Å². The number of rotatable bonds is 6. The minimum absolute atomic E-state index is 0.105. The lowest BCUT2D eigenvalue weighted by atomic mass is 10.1. The fraction of sp³-hybridized carbons (Fsp3) is 0.571. The second kappa shape index (κ2) is 6.72. The van der Waals surface area contributed by atoms with Crippen molar-refractivity contribution in [3.63, 3.8) is 0 Å². The van der Waals surface area contributed by atoms with Gasteiger partial charge in [-0.1, -0.05) is 32.0 Å². The summed E-state index contributed by atoms with van der Waals surface area (Å²) in [5, 5.41) is 3.05. The van der Waals surface area contributed by atoms with Gasteiger partial charge in [0, 0.05) is 12.1 Å². The first-order chi connectivity index (χ1) is 8.06. The van der Waals surface area contributed by atoms with E-state index in [0.717, 1.165) is 0 Å². The summed E-state index contributed by atoms with van der Waals surface area (Å²) in [5.74, 6) is 0.213. The van der Waals surface area contributed by atoms with Crippen LogP contribution < -0.4 is 5.32 Å². The molecule has 2 atom stereocenters. The summed E-state index contributed by atoms with van der Waals surface area (Å²) < 4.78 is 19.6. The Bertz CT molecular complexity index is 341. The minimum Gasteiger partial charge on any atom is -0.369 e. The Kier molecular flexibility index (Phi) is 5.59. The molecular weight excluding hydrogens is 217 g/mol. The lowest BCUT2D eigenvalue weighted by Gasteiger charge is -2.25. The van der Waals surface area contributed by atoms with Crippen molar-refractivity contribution in [2.24, 2.45) is 5.92 Å². The fourth-order valence-corrected chi connectivity index (χ4v) is 1.57. The predicted octanol–water partition coefficient (Wildman–Crippen LogP) is 3.15. The average Bonchev–Trinajstić information content (AvgIpc) is 2.29. The number of benzene rings is 1. The predicted molar refractivity (Wildman–Crippen MR) is 68.5 cm³/mol. The third-order valence-corrected chi connectivity index (χ3v) is 2.96. The Labute approximate surface area is 103 Å². The van der Waals surface area contributed by atoms with E-state index in [-0.39, 0.29) is 18.0 Å². The van der Waals surface area contributed by atoms with Gasteiger partial charge in [-0.3, -0.25) is 0 Å². The standard InChI is InChI=1S/C14H22FNO/c1-10(2)11(3)17-14(9-16-4)12-7-5-6-8-13(12)15/h5-8,10-11,14,16H,9H2,1-4H3. The lowest BCUT2D eigenvalue weighted by molar-refractivity contribution is -0.0266. The lowest BCUT2D eigenvalue weighted by Crippen LogP contribution is -2.26. The molecule has 96 valence electrons. The number of ether oxygens (including phenoxy) is 1. The summed E-state index contributed by atoms with van der Waals surface area (Å²) in [5.41, 5.74) is 0.620. The van der Waals surface area contributed by atoms with Gasteiger partial charge in [0.1, 0.15) is 5.82 Å². The van der Waals surface area contributed by atoms with Crippen molar-refractivity contribution in [3.05, 3.63) is 35.6 Å². The molecule has 0 heterocycles. The van der Waals surface area contributed by atoms with Gasteiger partial charge in [-0.05, 0) is 26.0 Å². The van der Waals surface area contributed by atoms with Crippen LogP contribution in [-0.4, -0.2) is 19.7 Å². The minimum atomic E-state index is -0.237. The van der Waals surface area contributed by atoms with Crippen molar-refractivity contribution in [3.8, 4) is 0 Å². The number of likely N-dealkylation sites (N-methyl/N-ethyl adjacent to an activating group) is 1. The zero-order chi connectivity index (χ0) is 12.8. The highest BCUT2D eigenvalue weighted by Crippen LogP contribution is 2.23. The maximum atomic E-state index is 13.7. The normalized spacial score (nSPS) is 14.9. The first-order valence-corrected chi connectivity index (χ1v) is 6.10. The van der Waals surface area contributed by atoms with E-state index in [1.54, 1.807) is 12.1 Å². The molecule has 0 bridgehead atoms. The molecule has 0 aromatic heterocycles. The zero-order valence-electron chi connectivity index (χ0n) is 11.0. The van der Waals surface area contributed by atoms with Crippen molar-refractivity contribution in [1.82, 2.24) is 5.32 Å². The molecule has 0 fully saturated rings. The van der Waals surface area contributed by atoms with E-state index in [1.807, 2.05) is 20.0 Å². The highest BCUT2D eigenvalue weighted by atomic mass is 19.1. The molecule has 1 aromatic carbocycles. The molecule has 0 spiro atoms. The van der Waals surface area contributed by atoms with Gasteiger partial charge in [0.25, 0.3) is 0 Å². The van der Waals surface area contributed by atoms with E-state index in [1.165, 1.54) is 6.07 Å². The Balaban J connectivity index is 2.82. The first kappa shape index (κ1) is 14.1. The topological polar surface area (TPSA) is 21.3 Å². The van der Waals surface area contributed by atoms with Crippen LogP contribution in [0.4, 0.5) is 4.39 Å². The van der Waals surface area contributed by atoms with Crippen LogP contribution in [0.3, 0.4) is 0 Å². The smallest absolute Gasteiger partial charge is 0.129 e. The molecule has 0 radical (unpaired) electrons. The van der Waals surface area contributed by atoms with E-state index in [4.69, 9.17) is 4.74 Å². The second-order valence-electron chi connectivity index (χ2n) is 4.65. The molecule has 2 nitrogen and oxygen atoms in total. The molecule has 0 saturated carbocycles. The molecule has 1 rings (SSSR count). The van der Waals surface area contributed by atoms with Crippen molar-refractivity contribution in [2.75, 3.05) is 13.6 Å². The van der Waals surface area contributed by atoms with Gasteiger partial charge in [-0.2, -0.15) is 0 Å². The number of hydrogen-bond acceptors (Lipinski definition) is 2. The fourth-order valence-electron chi connectivity index (χ4n) is 1.57. The summed E-state index contributed by atoms with van der Waals surface area (Å²) in [6, 6.07) is 6.79. The molecule has 0 aliphatic carbocycles. The zero-order valence-corrected chi connectivity index (χ0v) is 11.0.